The van der Waals surface area contributed by atoms with Gasteiger partial charge in [-0.05, 0) is 36.8 Å². The van der Waals surface area contributed by atoms with Gasteiger partial charge in [-0.25, -0.2) is 8.42 Å². The van der Waals surface area contributed by atoms with Crippen LogP contribution in [0.3, 0.4) is 0 Å². The van der Waals surface area contributed by atoms with E-state index in [0.717, 1.165) is 12.0 Å². The molecular weight excluding hydrogens is 380 g/mol. The van der Waals surface area contributed by atoms with Crippen molar-refractivity contribution in [3.63, 3.8) is 0 Å². The summed E-state index contributed by atoms with van der Waals surface area (Å²) in [5.74, 6) is 0.942. The fourth-order valence-corrected chi connectivity index (χ4v) is 3.99. The van der Waals surface area contributed by atoms with Gasteiger partial charge in [-0.3, -0.25) is 9.52 Å². The molecule has 7 nitrogen and oxygen atoms in total. The molecule has 0 fully saturated rings. The third kappa shape index (κ3) is 4.75. The molecule has 0 atom stereocenters. The van der Waals surface area contributed by atoms with Crippen molar-refractivity contribution in [3.8, 4) is 11.5 Å². The van der Waals surface area contributed by atoms with Gasteiger partial charge in [-0.1, -0.05) is 12.1 Å². The molecule has 0 spiro atoms. The highest BCUT2D eigenvalue weighted by atomic mass is 32.2. The molecule has 1 amide bonds. The largest absolute Gasteiger partial charge is 0.490 e. The fourth-order valence-electron chi connectivity index (χ4n) is 2.92. The number of nitrogens with one attached hydrogen (secondary N) is 1. The number of nitrogens with zero attached hydrogens (tertiary/aromatic N) is 1. The normalized spacial score (nSPS) is 13.5. The molecule has 0 saturated carbocycles. The molecule has 0 bridgehead atoms. The van der Waals surface area contributed by atoms with Crippen LogP contribution in [0.2, 0.25) is 0 Å². The maximum absolute atomic E-state index is 12.8. The van der Waals surface area contributed by atoms with E-state index in [9.17, 15) is 13.2 Å². The first-order valence-corrected chi connectivity index (χ1v) is 10.6. The summed E-state index contributed by atoms with van der Waals surface area (Å²) in [5.41, 5.74) is 1.28. The monoisotopic (exact) mass is 404 g/mol. The lowest BCUT2D eigenvalue weighted by Crippen LogP contribution is -2.27. The molecule has 2 aromatic rings. The summed E-state index contributed by atoms with van der Waals surface area (Å²) in [5, 5.41) is 0. The smallest absolute Gasteiger partial charge is 0.262 e. The minimum atomic E-state index is -3.79. The summed E-state index contributed by atoms with van der Waals surface area (Å²) < 4.78 is 39.3. The van der Waals surface area contributed by atoms with Crippen molar-refractivity contribution in [2.24, 2.45) is 0 Å². The summed E-state index contributed by atoms with van der Waals surface area (Å²) in [6, 6.07) is 11.6. The molecule has 1 aliphatic rings. The van der Waals surface area contributed by atoms with E-state index < -0.39 is 10.0 Å². The number of rotatable bonds is 6. The van der Waals surface area contributed by atoms with Gasteiger partial charge in [-0.2, -0.15) is 0 Å². The van der Waals surface area contributed by atoms with Crippen molar-refractivity contribution < 1.29 is 22.7 Å². The summed E-state index contributed by atoms with van der Waals surface area (Å²) in [6.07, 6.45) is 0.747. The third-order valence-electron chi connectivity index (χ3n) is 4.41. The molecule has 0 saturated heterocycles. The van der Waals surface area contributed by atoms with Gasteiger partial charge in [0.1, 0.15) is 0 Å². The van der Waals surface area contributed by atoms with Crippen LogP contribution < -0.4 is 14.2 Å². The van der Waals surface area contributed by atoms with E-state index in [0.29, 0.717) is 43.5 Å². The van der Waals surface area contributed by atoms with Crippen molar-refractivity contribution in [2.75, 3.05) is 24.5 Å². The van der Waals surface area contributed by atoms with Crippen LogP contribution in [0, 0.1) is 0 Å². The lowest BCUT2D eigenvalue weighted by atomic mass is 10.2. The second-order valence-corrected chi connectivity index (χ2v) is 8.18. The maximum atomic E-state index is 12.8. The standard InChI is InChI=1S/C20H24N2O5S/c1-3-22(15(2)23)14-16-6-4-7-17(12-16)21-28(24,25)18-8-9-19-20(13-18)27-11-5-10-26-19/h4,6-9,12-13,21H,3,5,10-11,14H2,1-2H3. The van der Waals surface area contributed by atoms with E-state index in [1.54, 1.807) is 29.2 Å². The number of hydrogen-bond acceptors (Lipinski definition) is 5. The van der Waals surface area contributed by atoms with Gasteiger partial charge in [0.2, 0.25) is 5.91 Å². The van der Waals surface area contributed by atoms with Crippen LogP contribution in [0.5, 0.6) is 11.5 Å². The van der Waals surface area contributed by atoms with Crippen LogP contribution in [0.25, 0.3) is 0 Å². The first-order chi connectivity index (χ1) is 13.4. The molecule has 8 heteroatoms. The molecule has 0 unspecified atom stereocenters. The highest BCUT2D eigenvalue weighted by molar-refractivity contribution is 7.92. The number of carbonyl (C=O) groups is 1. The minimum Gasteiger partial charge on any atom is -0.490 e. The second-order valence-electron chi connectivity index (χ2n) is 6.50. The lowest BCUT2D eigenvalue weighted by Gasteiger charge is -2.19. The number of ether oxygens (including phenoxy) is 2. The second kappa shape index (κ2) is 8.52. The number of anilines is 1. The Hall–Kier alpha value is -2.74. The van der Waals surface area contributed by atoms with Crippen molar-refractivity contribution in [3.05, 3.63) is 48.0 Å². The molecule has 0 aliphatic carbocycles. The van der Waals surface area contributed by atoms with E-state index in [1.807, 2.05) is 13.0 Å². The van der Waals surface area contributed by atoms with Crippen LogP contribution in [-0.4, -0.2) is 39.0 Å². The minimum absolute atomic E-state index is 0.0271. The fraction of sp³-hybridized carbons (Fsp3) is 0.350. The number of benzene rings is 2. The SMILES string of the molecule is CCN(Cc1cccc(NS(=O)(=O)c2ccc3c(c2)OCCCO3)c1)C(C)=O. The van der Waals surface area contributed by atoms with E-state index in [2.05, 4.69) is 4.72 Å². The van der Waals surface area contributed by atoms with Crippen LogP contribution in [-0.2, 0) is 21.4 Å². The Balaban J connectivity index is 1.80. The number of hydrogen-bond donors (Lipinski definition) is 1. The zero-order valence-corrected chi connectivity index (χ0v) is 16.8. The molecule has 150 valence electrons. The maximum Gasteiger partial charge on any atom is 0.262 e. The third-order valence-corrected chi connectivity index (χ3v) is 5.79. The van der Waals surface area contributed by atoms with Gasteiger partial charge in [0.15, 0.2) is 11.5 Å². The van der Waals surface area contributed by atoms with Crippen molar-refractivity contribution >= 4 is 21.6 Å². The Morgan fingerprint density at radius 3 is 2.57 bits per heavy atom. The van der Waals surface area contributed by atoms with Crippen molar-refractivity contribution in [1.29, 1.82) is 0 Å². The lowest BCUT2D eigenvalue weighted by molar-refractivity contribution is -0.129. The van der Waals surface area contributed by atoms with Crippen molar-refractivity contribution in [1.82, 2.24) is 4.90 Å². The highest BCUT2D eigenvalue weighted by Gasteiger charge is 2.19. The predicted octanol–water partition coefficient (Wildman–Crippen LogP) is 3.02. The predicted molar refractivity (Wildman–Crippen MR) is 106 cm³/mol. The average molecular weight is 404 g/mol. The van der Waals surface area contributed by atoms with Crippen LogP contribution in [0.15, 0.2) is 47.4 Å². The zero-order chi connectivity index (χ0) is 20.1. The molecule has 1 N–H and O–H groups in total. The van der Waals surface area contributed by atoms with Gasteiger partial charge in [-0.15, -0.1) is 0 Å². The Labute approximate surface area is 165 Å². The zero-order valence-electron chi connectivity index (χ0n) is 16.0. The molecule has 1 aliphatic heterocycles. The molecule has 28 heavy (non-hydrogen) atoms. The topological polar surface area (TPSA) is 84.9 Å². The number of fused-ring (bicyclic) bond motifs is 1. The van der Waals surface area contributed by atoms with Gasteiger partial charge < -0.3 is 14.4 Å². The summed E-state index contributed by atoms with van der Waals surface area (Å²) in [6.45, 7) is 5.45. The quantitative estimate of drug-likeness (QED) is 0.800. The van der Waals surface area contributed by atoms with Crippen molar-refractivity contribution in [2.45, 2.75) is 31.7 Å². The first-order valence-electron chi connectivity index (χ1n) is 9.16. The number of amides is 1. The number of sulfonamides is 1. The van der Waals surface area contributed by atoms with Crippen LogP contribution in [0.1, 0.15) is 25.8 Å². The molecule has 2 aromatic carbocycles. The van der Waals surface area contributed by atoms with E-state index in [4.69, 9.17) is 9.47 Å². The Kier molecular flexibility index (Phi) is 6.08. The van der Waals surface area contributed by atoms with E-state index in [1.165, 1.54) is 19.1 Å². The summed E-state index contributed by atoms with van der Waals surface area (Å²) in [4.78, 5) is 13.4. The summed E-state index contributed by atoms with van der Waals surface area (Å²) in [7, 11) is -3.79. The molecule has 0 aromatic heterocycles. The van der Waals surface area contributed by atoms with E-state index in [-0.39, 0.29) is 10.8 Å². The molecule has 0 radical (unpaired) electrons. The van der Waals surface area contributed by atoms with Gasteiger partial charge in [0, 0.05) is 38.2 Å². The van der Waals surface area contributed by atoms with Gasteiger partial charge in [0.05, 0.1) is 18.1 Å². The number of carbonyl (C=O) groups excluding carboxylic acids is 1. The Morgan fingerprint density at radius 2 is 1.86 bits per heavy atom. The summed E-state index contributed by atoms with van der Waals surface area (Å²) >= 11 is 0. The highest BCUT2D eigenvalue weighted by Crippen LogP contribution is 2.32. The van der Waals surface area contributed by atoms with Crippen LogP contribution >= 0.6 is 0 Å². The average Bonchev–Trinajstić information content (AvgIpc) is 2.90. The molecule has 3 rings (SSSR count). The Bertz CT molecular complexity index is 959. The Morgan fingerprint density at radius 1 is 1.11 bits per heavy atom. The van der Waals surface area contributed by atoms with Crippen LogP contribution in [0.4, 0.5) is 5.69 Å². The first kappa shape index (κ1) is 20.0. The molecule has 1 heterocycles. The molecular formula is C20H24N2O5S. The van der Waals surface area contributed by atoms with Gasteiger partial charge in [0.25, 0.3) is 10.0 Å². The van der Waals surface area contributed by atoms with Gasteiger partial charge >= 0.3 is 0 Å². The van der Waals surface area contributed by atoms with E-state index >= 15 is 0 Å².